The minimum Gasteiger partial charge on any atom is -0.480 e. The summed E-state index contributed by atoms with van der Waals surface area (Å²) in [4.78, 5) is 22.8. The van der Waals surface area contributed by atoms with Gasteiger partial charge >= 0.3 is 5.97 Å². The molecule has 0 fully saturated rings. The second-order valence-corrected chi connectivity index (χ2v) is 10.1. The Morgan fingerprint density at radius 2 is 2.00 bits per heavy atom. The standard InChI is InChI=1S/C21H31N3O2S2/c1-4-5-6-7-10-14-24(18-11-8-9-13-22-18)15-12-17-16-27-20(23-17)28-21(2,3)19(25)26/h8-9,11,13,16H,4-7,10,12,14-15H2,1-3H3,(H,25,26). The zero-order chi connectivity index (χ0) is 20.4. The fourth-order valence-corrected chi connectivity index (χ4v) is 4.98. The van der Waals surface area contributed by atoms with E-state index < -0.39 is 10.7 Å². The zero-order valence-corrected chi connectivity index (χ0v) is 18.7. The number of pyridine rings is 1. The quantitative estimate of drug-likeness (QED) is 0.340. The number of carboxylic acid groups (broad SMARTS) is 1. The lowest BCUT2D eigenvalue weighted by molar-refractivity contribution is -0.138. The van der Waals surface area contributed by atoms with Crippen molar-refractivity contribution in [2.24, 2.45) is 0 Å². The van der Waals surface area contributed by atoms with Gasteiger partial charge in [0.15, 0.2) is 4.34 Å². The second kappa shape index (κ2) is 11.4. The van der Waals surface area contributed by atoms with Crippen molar-refractivity contribution in [2.45, 2.75) is 68.4 Å². The SMILES string of the molecule is CCCCCCCN(CCc1csc(SC(C)(C)C(=O)O)n1)c1ccccn1. The summed E-state index contributed by atoms with van der Waals surface area (Å²) >= 11 is 2.83. The van der Waals surface area contributed by atoms with Crippen LogP contribution in [0.4, 0.5) is 5.82 Å². The van der Waals surface area contributed by atoms with Gasteiger partial charge in [-0.25, -0.2) is 9.97 Å². The molecule has 2 aromatic heterocycles. The Balaban J connectivity index is 1.92. The van der Waals surface area contributed by atoms with E-state index in [9.17, 15) is 9.90 Å². The lowest BCUT2D eigenvalue weighted by atomic mass is 10.1. The van der Waals surface area contributed by atoms with Crippen molar-refractivity contribution in [1.29, 1.82) is 0 Å². The molecule has 0 amide bonds. The van der Waals surface area contributed by atoms with E-state index in [4.69, 9.17) is 0 Å². The van der Waals surface area contributed by atoms with Crippen LogP contribution < -0.4 is 4.90 Å². The number of unbranched alkanes of at least 4 members (excludes halogenated alkanes) is 4. The highest BCUT2D eigenvalue weighted by Crippen LogP contribution is 2.34. The third kappa shape index (κ3) is 7.43. The Labute approximate surface area is 176 Å². The van der Waals surface area contributed by atoms with Gasteiger partial charge in [-0.2, -0.15) is 0 Å². The van der Waals surface area contributed by atoms with Crippen LogP contribution in [-0.2, 0) is 11.2 Å². The highest BCUT2D eigenvalue weighted by atomic mass is 32.2. The van der Waals surface area contributed by atoms with E-state index >= 15 is 0 Å². The van der Waals surface area contributed by atoms with Crippen LogP contribution in [0.1, 0.15) is 58.6 Å². The number of thioether (sulfide) groups is 1. The van der Waals surface area contributed by atoms with E-state index in [2.05, 4.69) is 27.9 Å². The third-order valence-corrected chi connectivity index (χ3v) is 6.70. The van der Waals surface area contributed by atoms with E-state index in [1.54, 1.807) is 13.8 Å². The van der Waals surface area contributed by atoms with Gasteiger partial charge in [0.05, 0.1) is 5.69 Å². The molecule has 28 heavy (non-hydrogen) atoms. The van der Waals surface area contributed by atoms with Gasteiger partial charge in [-0.05, 0) is 32.4 Å². The number of anilines is 1. The van der Waals surface area contributed by atoms with Gasteiger partial charge in [-0.15, -0.1) is 11.3 Å². The lowest BCUT2D eigenvalue weighted by Gasteiger charge is -2.23. The fourth-order valence-electron chi connectivity index (χ4n) is 2.75. The van der Waals surface area contributed by atoms with E-state index in [-0.39, 0.29) is 0 Å². The maximum atomic E-state index is 11.3. The summed E-state index contributed by atoms with van der Waals surface area (Å²) in [5.41, 5.74) is 1.01. The van der Waals surface area contributed by atoms with Crippen LogP contribution in [0.15, 0.2) is 34.1 Å². The number of aliphatic carboxylic acids is 1. The number of carboxylic acids is 1. The van der Waals surface area contributed by atoms with Crippen LogP contribution >= 0.6 is 23.1 Å². The van der Waals surface area contributed by atoms with Crippen molar-refractivity contribution in [1.82, 2.24) is 9.97 Å². The van der Waals surface area contributed by atoms with Crippen LogP contribution in [-0.4, -0.2) is 38.9 Å². The molecule has 0 aliphatic carbocycles. The first-order valence-electron chi connectivity index (χ1n) is 9.95. The molecule has 0 bridgehead atoms. The van der Waals surface area contributed by atoms with Crippen LogP contribution in [0.2, 0.25) is 0 Å². The first-order valence-corrected chi connectivity index (χ1v) is 11.6. The fraction of sp³-hybridized carbons (Fsp3) is 0.571. The smallest absolute Gasteiger partial charge is 0.319 e. The molecule has 0 aliphatic rings. The van der Waals surface area contributed by atoms with Crippen LogP contribution in [0.5, 0.6) is 0 Å². The van der Waals surface area contributed by atoms with Gasteiger partial charge in [0, 0.05) is 31.1 Å². The Hall–Kier alpha value is -1.60. The van der Waals surface area contributed by atoms with Crippen LogP contribution in [0.3, 0.4) is 0 Å². The maximum absolute atomic E-state index is 11.3. The number of rotatable bonds is 13. The first kappa shape index (κ1) is 22.7. The summed E-state index contributed by atoms with van der Waals surface area (Å²) in [7, 11) is 0. The molecular weight excluding hydrogens is 390 g/mol. The molecule has 0 spiro atoms. The summed E-state index contributed by atoms with van der Waals surface area (Å²) in [6.07, 6.45) is 8.93. The van der Waals surface area contributed by atoms with E-state index in [0.717, 1.165) is 35.4 Å². The molecule has 0 atom stereocenters. The maximum Gasteiger partial charge on any atom is 0.319 e. The minimum absolute atomic E-state index is 0.811. The molecule has 0 radical (unpaired) electrons. The molecule has 0 aromatic carbocycles. The molecule has 0 aliphatic heterocycles. The minimum atomic E-state index is -0.867. The molecule has 7 heteroatoms. The summed E-state index contributed by atoms with van der Waals surface area (Å²) in [6, 6.07) is 6.03. The van der Waals surface area contributed by atoms with Crippen molar-refractivity contribution in [3.8, 4) is 0 Å². The molecule has 2 rings (SSSR count). The number of hydrogen-bond acceptors (Lipinski definition) is 6. The van der Waals surface area contributed by atoms with Gasteiger partial charge in [0.1, 0.15) is 10.6 Å². The number of nitrogens with zero attached hydrogens (tertiary/aromatic N) is 3. The lowest BCUT2D eigenvalue weighted by Crippen LogP contribution is -2.28. The van der Waals surface area contributed by atoms with E-state index in [1.807, 2.05) is 23.7 Å². The van der Waals surface area contributed by atoms with Gasteiger partial charge in [-0.3, -0.25) is 4.79 Å². The topological polar surface area (TPSA) is 66.3 Å². The second-order valence-electron chi connectivity index (χ2n) is 7.36. The summed E-state index contributed by atoms with van der Waals surface area (Å²) in [5, 5.41) is 11.3. The van der Waals surface area contributed by atoms with E-state index in [0.29, 0.717) is 0 Å². The molecule has 2 aromatic rings. The van der Waals surface area contributed by atoms with Crippen LogP contribution in [0.25, 0.3) is 0 Å². The predicted molar refractivity (Wildman–Crippen MR) is 119 cm³/mol. The molecule has 5 nitrogen and oxygen atoms in total. The van der Waals surface area contributed by atoms with Crippen LogP contribution in [0, 0.1) is 0 Å². The Morgan fingerprint density at radius 1 is 1.21 bits per heavy atom. The summed E-state index contributed by atoms with van der Waals surface area (Å²) < 4.78 is -0.0560. The molecule has 154 valence electrons. The number of carbonyl (C=O) groups is 1. The van der Waals surface area contributed by atoms with E-state index in [1.165, 1.54) is 55.2 Å². The monoisotopic (exact) mass is 421 g/mol. The van der Waals surface area contributed by atoms with Crippen molar-refractivity contribution >= 4 is 34.9 Å². The zero-order valence-electron chi connectivity index (χ0n) is 17.1. The summed E-state index contributed by atoms with van der Waals surface area (Å²) in [6.45, 7) is 7.52. The van der Waals surface area contributed by atoms with Gasteiger partial charge in [0.2, 0.25) is 0 Å². The molecule has 2 heterocycles. The number of hydrogen-bond donors (Lipinski definition) is 1. The van der Waals surface area contributed by atoms with Crippen molar-refractivity contribution in [3.05, 3.63) is 35.5 Å². The summed E-state index contributed by atoms with van der Waals surface area (Å²) in [5.74, 6) is 0.188. The molecule has 0 saturated carbocycles. The number of aromatic nitrogens is 2. The third-order valence-electron chi connectivity index (χ3n) is 4.53. The average Bonchev–Trinajstić information content (AvgIpc) is 3.11. The first-order chi connectivity index (χ1) is 13.4. The van der Waals surface area contributed by atoms with Crippen molar-refractivity contribution < 1.29 is 9.90 Å². The normalized spacial score (nSPS) is 11.5. The Bertz CT molecular complexity index is 719. The highest BCUT2D eigenvalue weighted by molar-refractivity contribution is 8.02. The molecular formula is C21H31N3O2S2. The molecule has 0 saturated heterocycles. The Kier molecular flexibility index (Phi) is 9.25. The Morgan fingerprint density at radius 3 is 2.68 bits per heavy atom. The van der Waals surface area contributed by atoms with Gasteiger partial charge in [0.25, 0.3) is 0 Å². The van der Waals surface area contributed by atoms with Gasteiger partial charge < -0.3 is 10.0 Å². The van der Waals surface area contributed by atoms with Crippen molar-refractivity contribution in [2.75, 3.05) is 18.0 Å². The predicted octanol–water partition coefficient (Wildman–Crippen LogP) is 5.51. The van der Waals surface area contributed by atoms with Crippen molar-refractivity contribution in [3.63, 3.8) is 0 Å². The highest BCUT2D eigenvalue weighted by Gasteiger charge is 2.29. The number of thiazole rings is 1. The largest absolute Gasteiger partial charge is 0.480 e. The van der Waals surface area contributed by atoms with Gasteiger partial charge in [-0.1, -0.05) is 50.4 Å². The average molecular weight is 422 g/mol. The molecule has 1 N–H and O–H groups in total. The molecule has 0 unspecified atom stereocenters.